The molecule has 0 saturated heterocycles. The lowest BCUT2D eigenvalue weighted by Crippen LogP contribution is -2.39. The monoisotopic (exact) mass is 188 g/mol. The molecule has 12 heavy (non-hydrogen) atoms. The largest absolute Gasteiger partial charge is 0.228 e. The Morgan fingerprint density at radius 3 is 2.42 bits per heavy atom. The SMILES string of the molecule is CC(C#N)S(=O)(=O)NC1(C)CC1. The van der Waals surface area contributed by atoms with Crippen LogP contribution in [0.2, 0.25) is 0 Å². The van der Waals surface area contributed by atoms with Gasteiger partial charge in [0.05, 0.1) is 6.07 Å². The standard InChI is InChI=1S/C7H12N2O2S/c1-6(5-8)12(10,11)9-7(2)3-4-7/h6,9H,3-4H2,1-2H3. The third-order valence-corrected chi connectivity index (χ3v) is 3.85. The number of nitrogens with zero attached hydrogens (tertiary/aromatic N) is 1. The van der Waals surface area contributed by atoms with Crippen LogP contribution in [-0.2, 0) is 10.0 Å². The zero-order valence-electron chi connectivity index (χ0n) is 7.16. The molecule has 1 aliphatic carbocycles. The van der Waals surface area contributed by atoms with Crippen LogP contribution in [0.1, 0.15) is 26.7 Å². The summed E-state index contributed by atoms with van der Waals surface area (Å²) < 4.78 is 25.1. The van der Waals surface area contributed by atoms with E-state index in [1.807, 2.05) is 6.92 Å². The van der Waals surface area contributed by atoms with Gasteiger partial charge in [-0.2, -0.15) is 5.26 Å². The minimum absolute atomic E-state index is 0.274. The van der Waals surface area contributed by atoms with Gasteiger partial charge in [-0.25, -0.2) is 13.1 Å². The van der Waals surface area contributed by atoms with Crippen molar-refractivity contribution in [3.05, 3.63) is 0 Å². The van der Waals surface area contributed by atoms with Gasteiger partial charge in [0, 0.05) is 5.54 Å². The maximum Gasteiger partial charge on any atom is 0.228 e. The number of rotatable bonds is 3. The Morgan fingerprint density at radius 1 is 1.58 bits per heavy atom. The topological polar surface area (TPSA) is 70.0 Å². The van der Waals surface area contributed by atoms with Crippen LogP contribution in [-0.4, -0.2) is 19.2 Å². The highest BCUT2D eigenvalue weighted by molar-refractivity contribution is 7.90. The van der Waals surface area contributed by atoms with E-state index in [1.54, 1.807) is 6.07 Å². The molecule has 68 valence electrons. The fraction of sp³-hybridized carbons (Fsp3) is 0.857. The van der Waals surface area contributed by atoms with Crippen molar-refractivity contribution >= 4 is 10.0 Å². The summed E-state index contributed by atoms with van der Waals surface area (Å²) in [5.74, 6) is 0. The van der Waals surface area contributed by atoms with Gasteiger partial charge in [-0.1, -0.05) is 0 Å². The van der Waals surface area contributed by atoms with E-state index in [0.29, 0.717) is 0 Å². The molecular weight excluding hydrogens is 176 g/mol. The van der Waals surface area contributed by atoms with E-state index in [0.717, 1.165) is 12.8 Å². The van der Waals surface area contributed by atoms with E-state index >= 15 is 0 Å². The highest BCUT2D eigenvalue weighted by Gasteiger charge is 2.42. The molecule has 0 radical (unpaired) electrons. The average Bonchev–Trinajstić information content (AvgIpc) is 2.64. The second kappa shape index (κ2) is 2.71. The number of nitriles is 1. The minimum Gasteiger partial charge on any atom is -0.211 e. The number of nitrogens with one attached hydrogen (secondary N) is 1. The molecule has 1 saturated carbocycles. The second-order valence-corrected chi connectivity index (χ2v) is 5.48. The average molecular weight is 188 g/mol. The van der Waals surface area contributed by atoms with Crippen molar-refractivity contribution in [2.45, 2.75) is 37.5 Å². The van der Waals surface area contributed by atoms with E-state index in [-0.39, 0.29) is 5.54 Å². The van der Waals surface area contributed by atoms with Gasteiger partial charge in [-0.3, -0.25) is 0 Å². The van der Waals surface area contributed by atoms with Crippen LogP contribution in [0, 0.1) is 11.3 Å². The smallest absolute Gasteiger partial charge is 0.211 e. The maximum atomic E-state index is 11.3. The Kier molecular flexibility index (Phi) is 2.15. The molecule has 0 aliphatic heterocycles. The lowest BCUT2D eigenvalue weighted by Gasteiger charge is -2.12. The summed E-state index contributed by atoms with van der Waals surface area (Å²) in [6.07, 6.45) is 1.73. The number of hydrogen-bond donors (Lipinski definition) is 1. The normalized spacial score (nSPS) is 22.8. The molecule has 1 fully saturated rings. The Bertz CT molecular complexity index is 311. The molecule has 1 aliphatic rings. The summed E-state index contributed by atoms with van der Waals surface area (Å²) >= 11 is 0. The first kappa shape index (κ1) is 9.49. The van der Waals surface area contributed by atoms with Crippen LogP contribution in [0.3, 0.4) is 0 Å². The van der Waals surface area contributed by atoms with Crippen molar-refractivity contribution in [3.63, 3.8) is 0 Å². The zero-order chi connectivity index (χ0) is 9.41. The first-order chi connectivity index (χ1) is 5.40. The third kappa shape index (κ3) is 1.96. The third-order valence-electron chi connectivity index (χ3n) is 2.04. The van der Waals surface area contributed by atoms with Crippen LogP contribution >= 0.6 is 0 Å². The Morgan fingerprint density at radius 2 is 2.08 bits per heavy atom. The minimum atomic E-state index is -3.42. The lowest BCUT2D eigenvalue weighted by molar-refractivity contribution is 0.554. The van der Waals surface area contributed by atoms with Gasteiger partial charge < -0.3 is 0 Å². The maximum absolute atomic E-state index is 11.3. The molecular formula is C7H12N2O2S. The summed E-state index contributed by atoms with van der Waals surface area (Å²) in [4.78, 5) is 0. The summed E-state index contributed by atoms with van der Waals surface area (Å²) in [7, 11) is -3.42. The summed E-state index contributed by atoms with van der Waals surface area (Å²) in [5.41, 5.74) is -0.274. The number of sulfonamides is 1. The summed E-state index contributed by atoms with van der Waals surface area (Å²) in [5, 5.41) is 7.46. The molecule has 1 unspecified atom stereocenters. The van der Waals surface area contributed by atoms with Crippen LogP contribution in [0.15, 0.2) is 0 Å². The summed E-state index contributed by atoms with van der Waals surface area (Å²) in [6.45, 7) is 3.22. The molecule has 0 amide bonds. The number of hydrogen-bond acceptors (Lipinski definition) is 3. The molecule has 5 heteroatoms. The van der Waals surface area contributed by atoms with Gasteiger partial charge in [-0.05, 0) is 26.7 Å². The Hall–Kier alpha value is -0.600. The van der Waals surface area contributed by atoms with Crippen molar-refractivity contribution in [2.24, 2.45) is 0 Å². The molecule has 0 spiro atoms. The van der Waals surface area contributed by atoms with Crippen molar-refractivity contribution in [1.29, 1.82) is 5.26 Å². The predicted molar refractivity (Wildman–Crippen MR) is 44.8 cm³/mol. The van der Waals surface area contributed by atoms with Gasteiger partial charge in [0.15, 0.2) is 5.25 Å². The first-order valence-electron chi connectivity index (χ1n) is 3.82. The van der Waals surface area contributed by atoms with E-state index in [9.17, 15) is 8.42 Å². The van der Waals surface area contributed by atoms with Crippen LogP contribution in [0.25, 0.3) is 0 Å². The Balaban J connectivity index is 2.68. The molecule has 1 rings (SSSR count). The highest BCUT2D eigenvalue weighted by atomic mass is 32.2. The molecule has 4 nitrogen and oxygen atoms in total. The molecule has 0 heterocycles. The van der Waals surface area contributed by atoms with Crippen LogP contribution in [0.4, 0.5) is 0 Å². The van der Waals surface area contributed by atoms with Gasteiger partial charge in [0.2, 0.25) is 10.0 Å². The first-order valence-corrected chi connectivity index (χ1v) is 5.37. The van der Waals surface area contributed by atoms with E-state index in [1.165, 1.54) is 6.92 Å². The van der Waals surface area contributed by atoms with Gasteiger partial charge >= 0.3 is 0 Å². The fourth-order valence-electron chi connectivity index (χ4n) is 0.791. The van der Waals surface area contributed by atoms with Gasteiger partial charge in [0.25, 0.3) is 0 Å². The second-order valence-electron chi connectivity index (χ2n) is 3.48. The predicted octanol–water partition coefficient (Wildman–Crippen LogP) is 0.370. The Labute approximate surface area is 72.6 Å². The van der Waals surface area contributed by atoms with Crippen molar-refractivity contribution < 1.29 is 8.42 Å². The molecule has 1 N–H and O–H groups in total. The molecule has 1 atom stereocenters. The van der Waals surface area contributed by atoms with Crippen LogP contribution < -0.4 is 4.72 Å². The summed E-state index contributed by atoms with van der Waals surface area (Å²) in [6, 6.07) is 1.71. The zero-order valence-corrected chi connectivity index (χ0v) is 7.98. The van der Waals surface area contributed by atoms with Crippen molar-refractivity contribution in [3.8, 4) is 6.07 Å². The molecule has 0 bridgehead atoms. The molecule has 0 aromatic carbocycles. The van der Waals surface area contributed by atoms with E-state index in [2.05, 4.69) is 4.72 Å². The van der Waals surface area contributed by atoms with E-state index in [4.69, 9.17) is 5.26 Å². The lowest BCUT2D eigenvalue weighted by atomic mass is 10.4. The van der Waals surface area contributed by atoms with Crippen molar-refractivity contribution in [2.75, 3.05) is 0 Å². The molecule has 0 aromatic rings. The van der Waals surface area contributed by atoms with Gasteiger partial charge in [-0.15, -0.1) is 0 Å². The quantitative estimate of drug-likeness (QED) is 0.695. The highest BCUT2D eigenvalue weighted by Crippen LogP contribution is 2.35. The van der Waals surface area contributed by atoms with Crippen LogP contribution in [0.5, 0.6) is 0 Å². The van der Waals surface area contributed by atoms with Crippen molar-refractivity contribution in [1.82, 2.24) is 4.72 Å². The fourth-order valence-corrected chi connectivity index (χ4v) is 2.00. The van der Waals surface area contributed by atoms with Gasteiger partial charge in [0.1, 0.15) is 0 Å². The molecule has 0 aromatic heterocycles. The van der Waals surface area contributed by atoms with E-state index < -0.39 is 15.3 Å².